The third kappa shape index (κ3) is 4.94. The van der Waals surface area contributed by atoms with Crippen molar-refractivity contribution in [3.05, 3.63) is 93.7 Å². The molecular formula is C23H21N3O6. The van der Waals surface area contributed by atoms with Gasteiger partial charge in [-0.15, -0.1) is 0 Å². The number of furan rings is 1. The first kappa shape index (κ1) is 21.1. The molecule has 2 aromatic carbocycles. The predicted octanol–water partition coefficient (Wildman–Crippen LogP) is 3.16. The second-order valence-corrected chi connectivity index (χ2v) is 7.44. The molecule has 1 aliphatic rings. The summed E-state index contributed by atoms with van der Waals surface area (Å²) in [7, 11) is 0. The number of nitrogens with one attached hydrogen (secondary N) is 1. The lowest BCUT2D eigenvalue weighted by Crippen LogP contribution is -2.55. The van der Waals surface area contributed by atoms with Crippen molar-refractivity contribution in [2.75, 3.05) is 13.1 Å². The number of rotatable bonds is 8. The van der Waals surface area contributed by atoms with Gasteiger partial charge in [-0.3, -0.25) is 19.7 Å². The van der Waals surface area contributed by atoms with Gasteiger partial charge in [0.25, 0.3) is 5.91 Å². The summed E-state index contributed by atoms with van der Waals surface area (Å²) in [5.41, 5.74) is 2.02. The maximum absolute atomic E-state index is 12.3. The molecule has 0 bridgehead atoms. The molecule has 9 nitrogen and oxygen atoms in total. The molecule has 32 heavy (non-hydrogen) atoms. The molecule has 3 aromatic rings. The highest BCUT2D eigenvalue weighted by Crippen LogP contribution is 2.23. The van der Waals surface area contributed by atoms with Crippen molar-refractivity contribution in [2.45, 2.75) is 13.2 Å². The minimum absolute atomic E-state index is 0.106. The van der Waals surface area contributed by atoms with E-state index in [1.54, 1.807) is 0 Å². The van der Waals surface area contributed by atoms with Gasteiger partial charge in [-0.25, -0.2) is 0 Å². The average Bonchev–Trinajstić information content (AvgIpc) is 3.27. The fourth-order valence-corrected chi connectivity index (χ4v) is 3.28. The highest BCUT2D eigenvalue weighted by molar-refractivity contribution is 5.94. The van der Waals surface area contributed by atoms with E-state index in [4.69, 9.17) is 9.15 Å². The van der Waals surface area contributed by atoms with Crippen molar-refractivity contribution in [3.63, 3.8) is 0 Å². The summed E-state index contributed by atoms with van der Waals surface area (Å²) in [5, 5.41) is 13.5. The van der Waals surface area contributed by atoms with E-state index in [0.29, 0.717) is 13.2 Å². The first-order valence-corrected chi connectivity index (χ1v) is 10.1. The zero-order valence-electron chi connectivity index (χ0n) is 17.1. The highest BCUT2D eigenvalue weighted by Gasteiger charge is 2.37. The predicted molar refractivity (Wildman–Crippen MR) is 114 cm³/mol. The fourth-order valence-electron chi connectivity index (χ4n) is 3.28. The topological polar surface area (TPSA) is 115 Å². The normalized spacial score (nSPS) is 13.3. The van der Waals surface area contributed by atoms with E-state index < -0.39 is 16.7 Å². The van der Waals surface area contributed by atoms with Crippen molar-refractivity contribution in [1.82, 2.24) is 10.2 Å². The number of ether oxygens (including phenoxy) is 1. The second kappa shape index (κ2) is 9.34. The molecule has 1 fully saturated rings. The maximum Gasteiger partial charge on any atom is 0.433 e. The molecule has 1 N–H and O–H groups in total. The van der Waals surface area contributed by atoms with E-state index in [9.17, 15) is 19.7 Å². The molecule has 164 valence electrons. The van der Waals surface area contributed by atoms with Gasteiger partial charge in [-0.2, -0.15) is 0 Å². The smallest absolute Gasteiger partial charge is 0.433 e. The van der Waals surface area contributed by atoms with Crippen LogP contribution in [0.4, 0.5) is 5.88 Å². The molecule has 0 saturated carbocycles. The van der Waals surface area contributed by atoms with Crippen molar-refractivity contribution in [1.29, 1.82) is 0 Å². The number of hydrogen-bond donors (Lipinski definition) is 1. The van der Waals surface area contributed by atoms with Crippen LogP contribution in [-0.4, -0.2) is 34.7 Å². The van der Waals surface area contributed by atoms with Gasteiger partial charge < -0.3 is 19.4 Å². The number of carbonyl (C=O) groups excluding carboxylic acids is 2. The van der Waals surface area contributed by atoms with E-state index in [1.807, 2.05) is 54.6 Å². The molecule has 0 atom stereocenters. The number of nitro groups is 1. The molecule has 0 radical (unpaired) electrons. The Bertz CT molecular complexity index is 1100. The summed E-state index contributed by atoms with van der Waals surface area (Å²) in [6, 6.07) is 19.8. The van der Waals surface area contributed by atoms with Crippen molar-refractivity contribution >= 4 is 17.7 Å². The number of carbonyl (C=O) groups is 2. The Morgan fingerprint density at radius 1 is 1.03 bits per heavy atom. The molecule has 1 aromatic heterocycles. The molecule has 0 aliphatic carbocycles. The second-order valence-electron chi connectivity index (χ2n) is 7.44. The Hall–Kier alpha value is -4.14. The van der Waals surface area contributed by atoms with E-state index in [-0.39, 0.29) is 30.7 Å². The van der Waals surface area contributed by atoms with Gasteiger partial charge in [0, 0.05) is 19.6 Å². The third-order valence-electron chi connectivity index (χ3n) is 5.16. The first-order valence-electron chi connectivity index (χ1n) is 10.1. The number of amides is 2. The van der Waals surface area contributed by atoms with Gasteiger partial charge >= 0.3 is 5.88 Å². The standard InChI is InChI=1S/C23H21N3O6/c27-22(18-13-25(14-18)23(28)20-10-11-21(32-20)26(29)30)24-12-16-6-8-19(9-7-16)31-15-17-4-2-1-3-5-17/h1-11,18H,12-15H2,(H,24,27). The van der Waals surface area contributed by atoms with E-state index in [1.165, 1.54) is 11.0 Å². The van der Waals surface area contributed by atoms with Crippen LogP contribution in [0.5, 0.6) is 5.75 Å². The third-order valence-corrected chi connectivity index (χ3v) is 5.16. The van der Waals surface area contributed by atoms with Gasteiger partial charge in [-0.1, -0.05) is 42.5 Å². The van der Waals surface area contributed by atoms with Crippen LogP contribution >= 0.6 is 0 Å². The van der Waals surface area contributed by atoms with Gasteiger partial charge in [0.15, 0.2) is 5.76 Å². The molecule has 1 aliphatic heterocycles. The van der Waals surface area contributed by atoms with Crippen LogP contribution in [0.15, 0.2) is 71.1 Å². The summed E-state index contributed by atoms with van der Waals surface area (Å²) in [6.45, 7) is 1.34. The largest absolute Gasteiger partial charge is 0.489 e. The molecule has 0 spiro atoms. The molecule has 4 rings (SSSR count). The zero-order chi connectivity index (χ0) is 22.5. The molecular weight excluding hydrogens is 414 g/mol. The van der Waals surface area contributed by atoms with Crippen LogP contribution in [0.1, 0.15) is 21.7 Å². The van der Waals surface area contributed by atoms with Gasteiger partial charge in [0.05, 0.1) is 12.0 Å². The summed E-state index contributed by atoms with van der Waals surface area (Å²) in [5.74, 6) is -0.783. The minimum atomic E-state index is -0.703. The van der Waals surface area contributed by atoms with Crippen LogP contribution in [0, 0.1) is 16.0 Å². The lowest BCUT2D eigenvalue weighted by Gasteiger charge is -2.37. The Morgan fingerprint density at radius 2 is 1.75 bits per heavy atom. The van der Waals surface area contributed by atoms with E-state index >= 15 is 0 Å². The molecule has 9 heteroatoms. The molecule has 2 heterocycles. The average molecular weight is 435 g/mol. The quantitative estimate of drug-likeness (QED) is 0.429. The van der Waals surface area contributed by atoms with Crippen LogP contribution in [-0.2, 0) is 17.9 Å². The summed E-state index contributed by atoms with van der Waals surface area (Å²) < 4.78 is 10.7. The van der Waals surface area contributed by atoms with Gasteiger partial charge in [0.2, 0.25) is 5.91 Å². The Kier molecular flexibility index (Phi) is 6.16. The molecule has 2 amide bonds. The lowest BCUT2D eigenvalue weighted by atomic mass is 9.98. The van der Waals surface area contributed by atoms with Gasteiger partial charge in [-0.05, 0) is 29.3 Å². The van der Waals surface area contributed by atoms with Crippen LogP contribution in [0.2, 0.25) is 0 Å². The van der Waals surface area contributed by atoms with E-state index in [2.05, 4.69) is 5.32 Å². The van der Waals surface area contributed by atoms with Gasteiger partial charge in [0.1, 0.15) is 17.3 Å². The summed E-state index contributed by atoms with van der Waals surface area (Å²) >= 11 is 0. The van der Waals surface area contributed by atoms with Crippen LogP contribution < -0.4 is 10.1 Å². The van der Waals surface area contributed by atoms with E-state index in [0.717, 1.165) is 22.9 Å². The Labute approximate surface area is 183 Å². The van der Waals surface area contributed by atoms with Crippen molar-refractivity contribution in [3.8, 4) is 5.75 Å². The lowest BCUT2D eigenvalue weighted by molar-refractivity contribution is -0.402. The van der Waals surface area contributed by atoms with Crippen molar-refractivity contribution < 1.29 is 23.7 Å². The highest BCUT2D eigenvalue weighted by atomic mass is 16.6. The number of benzene rings is 2. The number of nitrogens with zero attached hydrogens (tertiary/aromatic N) is 2. The SMILES string of the molecule is O=C(NCc1ccc(OCc2ccccc2)cc1)C1CN(C(=O)c2ccc([N+](=O)[O-])o2)C1. The summed E-state index contributed by atoms with van der Waals surface area (Å²) in [6.07, 6.45) is 0. The van der Waals surface area contributed by atoms with Crippen LogP contribution in [0.3, 0.4) is 0 Å². The Balaban J connectivity index is 1.20. The monoisotopic (exact) mass is 435 g/mol. The number of hydrogen-bond acceptors (Lipinski definition) is 6. The first-order chi connectivity index (χ1) is 15.5. The van der Waals surface area contributed by atoms with Crippen molar-refractivity contribution in [2.24, 2.45) is 5.92 Å². The number of likely N-dealkylation sites (tertiary alicyclic amines) is 1. The molecule has 0 unspecified atom stereocenters. The molecule has 1 saturated heterocycles. The fraction of sp³-hybridized carbons (Fsp3) is 0.217. The van der Waals surface area contributed by atoms with Crippen LogP contribution in [0.25, 0.3) is 0 Å². The maximum atomic E-state index is 12.3. The minimum Gasteiger partial charge on any atom is -0.489 e. The zero-order valence-corrected chi connectivity index (χ0v) is 17.1. The Morgan fingerprint density at radius 3 is 2.41 bits per heavy atom. The summed E-state index contributed by atoms with van der Waals surface area (Å²) in [4.78, 5) is 36.0.